The number of fused-ring (bicyclic) bond motifs is 18. The largest absolute Gasteiger partial charge is 0.458 e. The van der Waals surface area contributed by atoms with Gasteiger partial charge < -0.3 is 18.6 Å². The van der Waals surface area contributed by atoms with E-state index >= 15 is 0 Å². The molecule has 0 radical (unpaired) electrons. The van der Waals surface area contributed by atoms with E-state index < -0.39 is 0 Å². The lowest BCUT2D eigenvalue weighted by Crippen LogP contribution is -2.58. The molecule has 0 atom stereocenters. The molecular weight excluding hydrogens is 683 g/mol. The van der Waals surface area contributed by atoms with Crippen LogP contribution in [0.15, 0.2) is 170 Å². The molecule has 9 aromatic carbocycles. The molecule has 0 saturated carbocycles. The van der Waals surface area contributed by atoms with Gasteiger partial charge >= 0.3 is 0 Å². The maximum absolute atomic E-state index is 7.33. The molecule has 0 bridgehead atoms. The van der Waals surface area contributed by atoms with Gasteiger partial charge in [0, 0.05) is 38.4 Å². The Kier molecular flexibility index (Phi) is 5.88. The highest BCUT2D eigenvalue weighted by Crippen LogP contribution is 2.49. The van der Waals surface area contributed by atoms with Gasteiger partial charge in [-0.25, -0.2) is 0 Å². The smallest absolute Gasteiger partial charge is 0.262 e. The lowest BCUT2D eigenvalue weighted by atomic mass is 9.33. The van der Waals surface area contributed by atoms with Gasteiger partial charge in [-0.2, -0.15) is 0 Å². The van der Waals surface area contributed by atoms with Gasteiger partial charge in [-0.1, -0.05) is 121 Å². The predicted octanol–water partition coefficient (Wildman–Crippen LogP) is 11.2. The van der Waals surface area contributed by atoms with Crippen LogP contribution in [0.3, 0.4) is 0 Å². The van der Waals surface area contributed by atoms with Crippen LogP contribution in [0.2, 0.25) is 0 Å². The highest BCUT2D eigenvalue weighted by molar-refractivity contribution is 7.01. The zero-order chi connectivity index (χ0) is 36.6. The second-order valence-electron chi connectivity index (χ2n) is 15.2. The van der Waals surface area contributed by atoms with E-state index in [1.165, 1.54) is 43.2 Å². The van der Waals surface area contributed by atoms with Crippen LogP contribution < -0.4 is 25.9 Å². The molecule has 0 amide bonds. The molecule has 56 heavy (non-hydrogen) atoms. The summed E-state index contributed by atoms with van der Waals surface area (Å²) in [6.07, 6.45) is 0. The van der Waals surface area contributed by atoms with E-state index in [0.29, 0.717) is 0 Å². The highest BCUT2D eigenvalue weighted by Gasteiger charge is 2.45. The molecule has 4 nitrogen and oxygen atoms in total. The minimum Gasteiger partial charge on any atom is -0.458 e. The Morgan fingerprint density at radius 2 is 0.768 bits per heavy atom. The Morgan fingerprint density at radius 1 is 0.393 bits per heavy atom. The van der Waals surface area contributed by atoms with Crippen LogP contribution in [0.4, 0.5) is 0 Å². The first-order chi connectivity index (χ1) is 27.7. The summed E-state index contributed by atoms with van der Waals surface area (Å²) < 4.78 is 19.5. The van der Waals surface area contributed by atoms with Crippen molar-refractivity contribution in [2.75, 3.05) is 0 Å². The molecule has 2 aromatic heterocycles. The minimum absolute atomic E-state index is 0.158. The fourth-order valence-electron chi connectivity index (χ4n) is 10.1. The number of hydrogen-bond acceptors (Lipinski definition) is 2. The quantitative estimate of drug-likeness (QED) is 0.167. The summed E-state index contributed by atoms with van der Waals surface area (Å²) >= 11 is 0. The third-order valence-electron chi connectivity index (χ3n) is 12.2. The average molecular weight is 715 g/mol. The van der Waals surface area contributed by atoms with Gasteiger partial charge in [-0.05, 0) is 82.7 Å². The Labute approximate surface area is 322 Å². The van der Waals surface area contributed by atoms with Crippen LogP contribution in [-0.2, 0) is 0 Å². The summed E-state index contributed by atoms with van der Waals surface area (Å²) in [5.74, 6) is 3.55. The summed E-state index contributed by atoms with van der Waals surface area (Å²) in [5, 5.41) is 9.35. The molecule has 13 rings (SSSR count). The number of aromatic nitrogens is 2. The molecule has 260 valence electrons. The Morgan fingerprint density at radius 3 is 1.21 bits per heavy atom. The Bertz CT molecular complexity index is 3260. The average Bonchev–Trinajstić information content (AvgIpc) is 3.79. The van der Waals surface area contributed by atoms with E-state index in [1.807, 2.05) is 0 Å². The van der Waals surface area contributed by atoms with Crippen LogP contribution in [0, 0.1) is 6.92 Å². The monoisotopic (exact) mass is 714 g/mol. The fraction of sp³-hybridized carbons (Fsp3) is 0.0196. The zero-order valence-corrected chi connectivity index (χ0v) is 30.5. The van der Waals surface area contributed by atoms with Crippen LogP contribution in [-0.4, -0.2) is 15.8 Å². The molecule has 5 heteroatoms. The van der Waals surface area contributed by atoms with Crippen molar-refractivity contribution in [3.05, 3.63) is 175 Å². The Balaban J connectivity index is 1.25. The van der Waals surface area contributed by atoms with Gasteiger partial charge in [0.15, 0.2) is 0 Å². The third-order valence-corrected chi connectivity index (χ3v) is 12.2. The predicted molar refractivity (Wildman–Crippen MR) is 233 cm³/mol. The Hall–Kier alpha value is -7.24. The van der Waals surface area contributed by atoms with E-state index in [0.717, 1.165) is 78.2 Å². The number of rotatable bonds is 2. The summed E-state index contributed by atoms with van der Waals surface area (Å²) in [6.45, 7) is 1.98. The number of hydrogen-bond donors (Lipinski definition) is 0. The lowest BCUT2D eigenvalue weighted by Gasteiger charge is -2.35. The van der Waals surface area contributed by atoms with Crippen molar-refractivity contribution in [2.45, 2.75) is 6.92 Å². The first-order valence-electron chi connectivity index (χ1n) is 19.3. The number of ether oxygens (including phenoxy) is 2. The van der Waals surface area contributed by atoms with Gasteiger partial charge in [0.1, 0.15) is 23.0 Å². The van der Waals surface area contributed by atoms with E-state index in [1.54, 1.807) is 0 Å². The first kappa shape index (κ1) is 30.1. The van der Waals surface area contributed by atoms with E-state index in [-0.39, 0.29) is 6.71 Å². The van der Waals surface area contributed by atoms with Crippen molar-refractivity contribution in [3.63, 3.8) is 0 Å². The molecule has 4 heterocycles. The van der Waals surface area contributed by atoms with Crippen molar-refractivity contribution in [1.29, 1.82) is 0 Å². The van der Waals surface area contributed by atoms with Gasteiger partial charge in [0.05, 0.1) is 32.8 Å². The van der Waals surface area contributed by atoms with Gasteiger partial charge in [-0.3, -0.25) is 0 Å². The molecule has 0 N–H and O–H groups in total. The van der Waals surface area contributed by atoms with Gasteiger partial charge in [0.2, 0.25) is 0 Å². The lowest BCUT2D eigenvalue weighted by molar-refractivity contribution is 0.470. The summed E-state index contributed by atoms with van der Waals surface area (Å²) in [6, 6.07) is 61.2. The SMILES string of the molecule is Cc1cc2c3c(c1)Oc1c(c4ccccc4c4c1c1ccccc1n4-c1ccccc1)B3c1c(c3c4ccccc4n(-c4ccccc4)c3c3ccccc13)O2. The number of benzene rings is 9. The van der Waals surface area contributed by atoms with E-state index in [4.69, 9.17) is 9.47 Å². The standard InChI is InChI=1S/C51H31BN2O2/c1-30-28-41-47-42(29-30)56-51-44-38-25-13-15-27-40(38)54(32-18-6-3-7-19-32)49(44)36-23-11-9-21-34(36)46(51)52(47)45-33-20-8-10-22-35(33)48-43(50(45)55-41)37-24-12-14-26-39(37)53(48)31-16-4-2-5-17-31/h2-29H,1H3. The van der Waals surface area contributed by atoms with Crippen LogP contribution in [0.25, 0.3) is 76.5 Å². The number of para-hydroxylation sites is 4. The molecule has 11 aromatic rings. The molecule has 0 unspecified atom stereocenters. The van der Waals surface area contributed by atoms with Crippen molar-refractivity contribution in [1.82, 2.24) is 9.13 Å². The second kappa shape index (κ2) is 10.9. The van der Waals surface area contributed by atoms with Crippen LogP contribution >= 0.6 is 0 Å². The van der Waals surface area contributed by atoms with E-state index in [9.17, 15) is 0 Å². The van der Waals surface area contributed by atoms with Gasteiger partial charge in [-0.15, -0.1) is 0 Å². The van der Waals surface area contributed by atoms with Crippen LogP contribution in [0.1, 0.15) is 5.56 Å². The van der Waals surface area contributed by atoms with Crippen molar-refractivity contribution in [3.8, 4) is 34.4 Å². The maximum atomic E-state index is 7.33. The molecule has 0 spiro atoms. The summed E-state index contributed by atoms with van der Waals surface area (Å²) in [4.78, 5) is 0. The van der Waals surface area contributed by atoms with E-state index in [2.05, 4.69) is 186 Å². The first-order valence-corrected chi connectivity index (χ1v) is 19.3. The van der Waals surface area contributed by atoms with Crippen molar-refractivity contribution in [2.24, 2.45) is 0 Å². The molecule has 0 saturated heterocycles. The van der Waals surface area contributed by atoms with Crippen molar-refractivity contribution < 1.29 is 9.47 Å². The minimum atomic E-state index is -0.158. The summed E-state index contributed by atoms with van der Waals surface area (Å²) in [7, 11) is 0. The normalized spacial score (nSPS) is 13.0. The van der Waals surface area contributed by atoms with Crippen molar-refractivity contribution >= 4 is 88.3 Å². The van der Waals surface area contributed by atoms with Crippen LogP contribution in [0.5, 0.6) is 23.0 Å². The molecule has 0 fully saturated rings. The molecule has 0 aliphatic carbocycles. The maximum Gasteiger partial charge on any atom is 0.262 e. The molecule has 2 aliphatic heterocycles. The highest BCUT2D eigenvalue weighted by atomic mass is 16.5. The number of aryl methyl sites for hydroxylation is 1. The molecule has 2 aliphatic rings. The zero-order valence-electron chi connectivity index (χ0n) is 30.5. The molecular formula is C51H31BN2O2. The summed E-state index contributed by atoms with van der Waals surface area (Å²) in [5.41, 5.74) is 11.4. The van der Waals surface area contributed by atoms with Gasteiger partial charge in [0.25, 0.3) is 6.71 Å². The number of nitrogens with zero attached hydrogens (tertiary/aromatic N) is 2. The third kappa shape index (κ3) is 3.79. The second-order valence-corrected chi connectivity index (χ2v) is 15.2. The fourth-order valence-corrected chi connectivity index (χ4v) is 10.1. The topological polar surface area (TPSA) is 28.3 Å².